The zero-order valence-electron chi connectivity index (χ0n) is 40.1. The number of carboxylic acid groups (broad SMARTS) is 1. The van der Waals surface area contributed by atoms with Gasteiger partial charge in [-0.1, -0.05) is 106 Å². The average molecular weight is 921 g/mol. The number of aromatic nitrogens is 1. The first kappa shape index (κ1) is 59.7. The van der Waals surface area contributed by atoms with Crippen molar-refractivity contribution in [3.63, 3.8) is 0 Å². The van der Waals surface area contributed by atoms with E-state index in [4.69, 9.17) is 16.6 Å². The molecule has 1 aliphatic rings. The van der Waals surface area contributed by atoms with Crippen molar-refractivity contribution >= 4 is 35.5 Å². The first-order chi connectivity index (χ1) is 30.3. The van der Waals surface area contributed by atoms with Crippen LogP contribution in [0.2, 0.25) is 0 Å². The average Bonchev–Trinajstić information content (AvgIpc) is 3.63. The predicted molar refractivity (Wildman–Crippen MR) is 258 cm³/mol. The van der Waals surface area contributed by atoms with Crippen LogP contribution in [0.3, 0.4) is 0 Å². The van der Waals surface area contributed by atoms with E-state index in [1.807, 2.05) is 58.2 Å². The lowest BCUT2D eigenvalue weighted by atomic mass is 9.53. The van der Waals surface area contributed by atoms with E-state index in [0.717, 1.165) is 36.9 Å². The first-order valence-corrected chi connectivity index (χ1v) is 23.8. The largest absolute Gasteiger partial charge is 0.481 e. The van der Waals surface area contributed by atoms with Crippen LogP contribution in [0, 0.1) is 34.3 Å². The van der Waals surface area contributed by atoms with E-state index >= 15 is 0 Å². The molecule has 1 aromatic heterocycles. The summed E-state index contributed by atoms with van der Waals surface area (Å²) in [5, 5.41) is 16.5. The Bertz CT molecular complexity index is 1790. The van der Waals surface area contributed by atoms with Crippen molar-refractivity contribution < 1.29 is 37.5 Å². The van der Waals surface area contributed by atoms with Crippen LogP contribution in [0.15, 0.2) is 60.8 Å². The highest BCUT2D eigenvalue weighted by Gasteiger charge is 2.47. The fraction of sp³-hybridized carbons (Fsp3) is 0.592. The Morgan fingerprint density at radius 1 is 0.938 bits per heavy atom. The van der Waals surface area contributed by atoms with Crippen LogP contribution in [0.1, 0.15) is 113 Å². The molecule has 0 radical (unpaired) electrons. The molecule has 0 saturated heterocycles. The van der Waals surface area contributed by atoms with Crippen molar-refractivity contribution in [3.8, 4) is 11.1 Å². The predicted octanol–water partition coefficient (Wildman–Crippen LogP) is 8.76. The van der Waals surface area contributed by atoms with E-state index in [9.17, 15) is 32.3 Å². The van der Waals surface area contributed by atoms with Gasteiger partial charge in [0, 0.05) is 67.4 Å². The number of hydrogen-bond donors (Lipinski definition) is 6. The molecule has 1 heterocycles. The van der Waals surface area contributed by atoms with Crippen molar-refractivity contribution in [2.45, 2.75) is 120 Å². The molecule has 1 aliphatic carbocycles. The van der Waals surface area contributed by atoms with E-state index in [1.54, 1.807) is 0 Å². The van der Waals surface area contributed by atoms with Gasteiger partial charge < -0.3 is 37.1 Å². The van der Waals surface area contributed by atoms with Crippen LogP contribution in [-0.2, 0) is 32.1 Å². The molecular formula is C49H79F3N6O5S. The number of carbonyl (C=O) groups is 4. The van der Waals surface area contributed by atoms with Crippen LogP contribution >= 0.6 is 11.8 Å². The summed E-state index contributed by atoms with van der Waals surface area (Å²) in [5.74, 6) is 0.0392. The Kier molecular flexibility index (Phi) is 30.1. The fourth-order valence-corrected chi connectivity index (χ4v) is 8.22. The summed E-state index contributed by atoms with van der Waals surface area (Å²) < 4.78 is 42.0. The van der Waals surface area contributed by atoms with E-state index in [0.29, 0.717) is 61.8 Å². The summed E-state index contributed by atoms with van der Waals surface area (Å²) in [6, 6.07) is 15.2. The van der Waals surface area contributed by atoms with Gasteiger partial charge in [0.2, 0.25) is 17.7 Å². The third-order valence-corrected chi connectivity index (χ3v) is 11.2. The van der Waals surface area contributed by atoms with Gasteiger partial charge in [-0.05, 0) is 71.8 Å². The van der Waals surface area contributed by atoms with Crippen LogP contribution < -0.4 is 27.4 Å². The Morgan fingerprint density at radius 2 is 1.55 bits per heavy atom. The molecular weight excluding hydrogens is 842 g/mol. The summed E-state index contributed by atoms with van der Waals surface area (Å²) >= 11 is 1.34. The molecule has 3 amide bonds. The van der Waals surface area contributed by atoms with Crippen LogP contribution in [0.5, 0.6) is 0 Å². The molecule has 362 valence electrons. The summed E-state index contributed by atoms with van der Waals surface area (Å²) in [5.41, 5.74) is 14.0. The van der Waals surface area contributed by atoms with Gasteiger partial charge in [-0.15, -0.1) is 0 Å². The highest BCUT2D eigenvalue weighted by atomic mass is 32.2. The lowest BCUT2D eigenvalue weighted by molar-refractivity contribution is -0.145. The summed E-state index contributed by atoms with van der Waals surface area (Å²) in [6.07, 6.45) is 6.01. The molecule has 3 aromatic rings. The van der Waals surface area contributed by atoms with Gasteiger partial charge in [0.15, 0.2) is 0 Å². The number of aliphatic carboxylic acids is 1. The first-order valence-electron chi connectivity index (χ1n) is 22.6. The van der Waals surface area contributed by atoms with Crippen molar-refractivity contribution in [1.29, 1.82) is 0 Å². The van der Waals surface area contributed by atoms with E-state index in [1.165, 1.54) is 29.5 Å². The lowest BCUT2D eigenvalue weighted by Gasteiger charge is -2.51. The summed E-state index contributed by atoms with van der Waals surface area (Å²) in [4.78, 5) is 44.3. The maximum absolute atomic E-state index is 14.2. The highest BCUT2D eigenvalue weighted by Crippen LogP contribution is 2.54. The lowest BCUT2D eigenvalue weighted by Crippen LogP contribution is -2.45. The molecule has 0 aliphatic heterocycles. The molecule has 8 N–H and O–H groups in total. The van der Waals surface area contributed by atoms with Crippen LogP contribution in [-0.4, -0.2) is 83.8 Å². The van der Waals surface area contributed by atoms with Crippen molar-refractivity contribution in [3.05, 3.63) is 83.7 Å². The van der Waals surface area contributed by atoms with Crippen molar-refractivity contribution in [2.24, 2.45) is 34.1 Å². The van der Waals surface area contributed by atoms with Crippen LogP contribution in [0.25, 0.3) is 11.1 Å². The number of alkyl halides is 1. The number of nitrogens with one attached hydrogen (secondary N) is 3. The number of hydrogen-bond acceptors (Lipinski definition) is 7. The number of thioether (sulfide) groups is 1. The molecule has 4 rings (SSSR count). The topological polar surface area (TPSA) is 182 Å². The molecule has 0 spiro atoms. The van der Waals surface area contributed by atoms with Gasteiger partial charge in [-0.3, -0.25) is 19.2 Å². The molecule has 11 nitrogen and oxygen atoms in total. The van der Waals surface area contributed by atoms with Crippen LogP contribution in [0.4, 0.5) is 13.2 Å². The monoisotopic (exact) mass is 921 g/mol. The van der Waals surface area contributed by atoms with E-state index in [2.05, 4.69) is 74.2 Å². The Balaban J connectivity index is 0.000000940. The minimum atomic E-state index is -0.650. The number of rotatable bonds is 20. The second kappa shape index (κ2) is 32.3. The molecule has 1 saturated carbocycles. The number of carboxylic acids is 1. The molecule has 15 heteroatoms. The zero-order chi connectivity index (χ0) is 48.9. The second-order valence-corrected chi connectivity index (χ2v) is 18.0. The van der Waals surface area contributed by atoms with Crippen molar-refractivity contribution in [2.75, 3.05) is 44.4 Å². The maximum atomic E-state index is 14.2. The molecule has 2 aromatic carbocycles. The summed E-state index contributed by atoms with van der Waals surface area (Å²) in [6.45, 7) is 22.1. The van der Waals surface area contributed by atoms with E-state index < -0.39 is 30.3 Å². The third kappa shape index (κ3) is 24.1. The SMILES string of the molecule is CC.CC.CC(C)(C)Cc1cc(-c2cc(F)ccc2F)cn1Cc1ccccc1.CCC1C(C)CC1(C)CC(=O)O.NCC(=O)NCCNC(=O)CCSCC(=O)NCCC(N)CF. The normalized spacial score (nSPS) is 16.5. The van der Waals surface area contributed by atoms with Gasteiger partial charge in [0.05, 0.1) is 18.7 Å². The molecule has 64 heavy (non-hydrogen) atoms. The van der Waals surface area contributed by atoms with Gasteiger partial charge in [0.1, 0.15) is 18.3 Å². The van der Waals surface area contributed by atoms with Gasteiger partial charge in [0.25, 0.3) is 0 Å². The quantitative estimate of drug-likeness (QED) is 0.0609. The number of amides is 3. The Labute approximate surface area is 385 Å². The molecule has 0 bridgehead atoms. The number of benzene rings is 2. The smallest absolute Gasteiger partial charge is 0.303 e. The fourth-order valence-electron chi connectivity index (χ4n) is 7.46. The number of nitrogens with zero attached hydrogens (tertiary/aromatic N) is 1. The number of halogens is 3. The molecule has 4 atom stereocenters. The standard InChI is InChI=1S/C22H23F2N.C13H26FN5O3S.C10H18O2.2C2H6/c1-22(2,3)13-19-11-17(20-12-18(23)9-10-21(20)24)15-25(19)14-16-7-5-4-6-8-16;14-7-10(16)1-3-17-13(22)9-23-6-2-11(20)18-4-5-19-12(21)8-15;1-4-8-7(2)5-10(8,3)6-9(11)12;2*1-2/h4-12,15H,13-14H2,1-3H3;10H,1-9,15-16H2,(H,17,22)(H,18,20)(H,19,21);7-8H,4-6H2,1-3H3,(H,11,12);2*1-2H3. The molecule has 4 unspecified atom stereocenters. The summed E-state index contributed by atoms with van der Waals surface area (Å²) in [7, 11) is 0. The highest BCUT2D eigenvalue weighted by molar-refractivity contribution is 7.99. The van der Waals surface area contributed by atoms with Gasteiger partial charge in [-0.2, -0.15) is 11.8 Å². The minimum Gasteiger partial charge on any atom is -0.481 e. The Morgan fingerprint density at radius 3 is 2.09 bits per heavy atom. The minimum absolute atomic E-state index is 0.0770. The zero-order valence-corrected chi connectivity index (χ0v) is 40.9. The Hall–Kier alpha value is -4.34. The van der Waals surface area contributed by atoms with E-state index in [-0.39, 0.29) is 47.3 Å². The maximum Gasteiger partial charge on any atom is 0.303 e. The third-order valence-electron chi connectivity index (χ3n) is 10.2. The van der Waals surface area contributed by atoms with Crippen molar-refractivity contribution in [1.82, 2.24) is 20.5 Å². The number of carbonyl (C=O) groups excluding carboxylic acids is 3. The molecule has 1 fully saturated rings. The van der Waals surface area contributed by atoms with Gasteiger partial charge in [-0.25, -0.2) is 13.2 Å². The van der Waals surface area contributed by atoms with Gasteiger partial charge >= 0.3 is 5.97 Å². The second-order valence-electron chi connectivity index (χ2n) is 16.9. The number of nitrogens with two attached hydrogens (primary N) is 2.